The second kappa shape index (κ2) is 5.29. The first-order chi connectivity index (χ1) is 8.47. The molecular formula is C11H14N2O3S2. The zero-order chi connectivity index (χ0) is 13.2. The molecule has 1 fully saturated rings. The van der Waals surface area contributed by atoms with Crippen LogP contribution in [-0.4, -0.2) is 25.8 Å². The van der Waals surface area contributed by atoms with E-state index in [1.54, 1.807) is 23.9 Å². The second-order valence-electron chi connectivity index (χ2n) is 4.12. The topological polar surface area (TPSA) is 89.3 Å². The molecule has 1 aromatic carbocycles. The summed E-state index contributed by atoms with van der Waals surface area (Å²) in [6.45, 7) is 0. The third-order valence-corrected chi connectivity index (χ3v) is 4.84. The molecule has 5 nitrogen and oxygen atoms in total. The van der Waals surface area contributed by atoms with Crippen LogP contribution < -0.4 is 10.5 Å². The Kier molecular flexibility index (Phi) is 3.94. The first-order valence-corrected chi connectivity index (χ1v) is 8.18. The van der Waals surface area contributed by atoms with Crippen LogP contribution in [0.5, 0.6) is 0 Å². The van der Waals surface area contributed by atoms with Crippen molar-refractivity contribution in [1.82, 2.24) is 0 Å². The molecule has 0 bridgehead atoms. The third kappa shape index (κ3) is 3.24. The van der Waals surface area contributed by atoms with E-state index in [4.69, 9.17) is 5.14 Å². The van der Waals surface area contributed by atoms with E-state index in [0.717, 1.165) is 17.9 Å². The first-order valence-electron chi connectivity index (χ1n) is 5.48. The summed E-state index contributed by atoms with van der Waals surface area (Å²) in [6.07, 6.45) is 0.895. The molecule has 1 aromatic rings. The van der Waals surface area contributed by atoms with Gasteiger partial charge < -0.3 is 5.32 Å². The van der Waals surface area contributed by atoms with E-state index in [9.17, 15) is 13.2 Å². The van der Waals surface area contributed by atoms with Crippen molar-refractivity contribution < 1.29 is 13.2 Å². The van der Waals surface area contributed by atoms with Crippen LogP contribution in [0.25, 0.3) is 0 Å². The van der Waals surface area contributed by atoms with Gasteiger partial charge in [-0.3, -0.25) is 4.79 Å². The number of amides is 1. The van der Waals surface area contributed by atoms with E-state index >= 15 is 0 Å². The van der Waals surface area contributed by atoms with Crippen LogP contribution in [0.4, 0.5) is 5.69 Å². The highest BCUT2D eigenvalue weighted by Gasteiger charge is 2.23. The molecule has 1 aliphatic heterocycles. The molecule has 1 amide bonds. The summed E-state index contributed by atoms with van der Waals surface area (Å²) >= 11 is 1.77. The maximum absolute atomic E-state index is 11.8. The van der Waals surface area contributed by atoms with Crippen molar-refractivity contribution in [3.63, 3.8) is 0 Å². The van der Waals surface area contributed by atoms with Crippen LogP contribution in [0.15, 0.2) is 29.2 Å². The van der Waals surface area contributed by atoms with Gasteiger partial charge in [-0.25, -0.2) is 13.6 Å². The molecule has 2 rings (SSSR count). The van der Waals surface area contributed by atoms with Crippen LogP contribution in [0.2, 0.25) is 0 Å². The average Bonchev–Trinajstić information content (AvgIpc) is 2.82. The van der Waals surface area contributed by atoms with Gasteiger partial charge in [0.25, 0.3) is 0 Å². The monoisotopic (exact) mass is 286 g/mol. The smallest absolute Gasteiger partial charge is 0.238 e. The van der Waals surface area contributed by atoms with Crippen LogP contribution in [0.1, 0.15) is 6.42 Å². The predicted molar refractivity (Wildman–Crippen MR) is 71.9 cm³/mol. The molecule has 1 aliphatic rings. The Hall–Kier alpha value is -1.05. The Balaban J connectivity index is 2.04. The predicted octanol–water partition coefficient (Wildman–Crippen LogP) is 1.03. The van der Waals surface area contributed by atoms with Crippen LogP contribution >= 0.6 is 11.8 Å². The Morgan fingerprint density at radius 2 is 2.00 bits per heavy atom. The lowest BCUT2D eigenvalue weighted by molar-refractivity contribution is -0.119. The number of rotatable bonds is 3. The highest BCUT2D eigenvalue weighted by Crippen LogP contribution is 2.24. The maximum Gasteiger partial charge on any atom is 0.238 e. The van der Waals surface area contributed by atoms with Gasteiger partial charge in [-0.15, -0.1) is 0 Å². The van der Waals surface area contributed by atoms with Gasteiger partial charge in [0.15, 0.2) is 0 Å². The van der Waals surface area contributed by atoms with Crippen molar-refractivity contribution in [2.45, 2.75) is 11.3 Å². The lowest BCUT2D eigenvalue weighted by Gasteiger charge is -2.10. The number of benzene rings is 1. The Labute approximate surface area is 110 Å². The van der Waals surface area contributed by atoms with Crippen LogP contribution in [-0.2, 0) is 14.8 Å². The summed E-state index contributed by atoms with van der Waals surface area (Å²) in [7, 11) is -3.68. The molecule has 3 N–H and O–H groups in total. The number of hydrogen-bond acceptors (Lipinski definition) is 4. The van der Waals surface area contributed by atoms with Gasteiger partial charge >= 0.3 is 0 Å². The number of primary sulfonamides is 1. The number of carbonyl (C=O) groups is 1. The van der Waals surface area contributed by atoms with E-state index < -0.39 is 10.0 Å². The Morgan fingerprint density at radius 1 is 1.33 bits per heavy atom. The third-order valence-electron chi connectivity index (χ3n) is 2.75. The van der Waals surface area contributed by atoms with Crippen molar-refractivity contribution in [1.29, 1.82) is 0 Å². The van der Waals surface area contributed by atoms with Gasteiger partial charge in [-0.2, -0.15) is 11.8 Å². The summed E-state index contributed by atoms with van der Waals surface area (Å²) in [6, 6.07) is 5.85. The van der Waals surface area contributed by atoms with E-state index in [0.29, 0.717) is 5.69 Å². The number of nitrogens with two attached hydrogens (primary N) is 1. The van der Waals surface area contributed by atoms with Crippen molar-refractivity contribution >= 4 is 33.4 Å². The molecule has 1 heterocycles. The minimum atomic E-state index is -3.68. The zero-order valence-corrected chi connectivity index (χ0v) is 11.3. The molecule has 1 saturated heterocycles. The quantitative estimate of drug-likeness (QED) is 0.868. The SMILES string of the molecule is NS(=O)(=O)c1ccc(NC(=O)C2CCSC2)cc1. The lowest BCUT2D eigenvalue weighted by atomic mass is 10.1. The van der Waals surface area contributed by atoms with Gasteiger partial charge in [-0.05, 0) is 36.4 Å². The van der Waals surface area contributed by atoms with Gasteiger partial charge in [-0.1, -0.05) is 0 Å². The Bertz CT molecular complexity index is 534. The minimum absolute atomic E-state index is 0.0108. The highest BCUT2D eigenvalue weighted by molar-refractivity contribution is 7.99. The van der Waals surface area contributed by atoms with E-state index in [2.05, 4.69) is 5.32 Å². The van der Waals surface area contributed by atoms with Gasteiger partial charge in [0.05, 0.1) is 4.90 Å². The van der Waals surface area contributed by atoms with E-state index in [1.807, 2.05) is 0 Å². The fourth-order valence-electron chi connectivity index (χ4n) is 1.71. The van der Waals surface area contributed by atoms with E-state index in [-0.39, 0.29) is 16.7 Å². The number of carbonyl (C=O) groups excluding carboxylic acids is 1. The molecule has 0 radical (unpaired) electrons. The summed E-state index contributed by atoms with van der Waals surface area (Å²) in [5, 5.41) is 7.76. The molecule has 0 aromatic heterocycles. The summed E-state index contributed by atoms with van der Waals surface area (Å²) in [5.41, 5.74) is 0.587. The Morgan fingerprint density at radius 3 is 2.50 bits per heavy atom. The molecule has 0 aliphatic carbocycles. The number of anilines is 1. The molecular weight excluding hydrogens is 272 g/mol. The normalized spacial score (nSPS) is 19.7. The zero-order valence-electron chi connectivity index (χ0n) is 9.63. The first kappa shape index (κ1) is 13.4. The fraction of sp³-hybridized carbons (Fsp3) is 0.364. The van der Waals surface area contributed by atoms with Gasteiger partial charge in [0.1, 0.15) is 0 Å². The summed E-state index contributed by atoms with van der Waals surface area (Å²) in [4.78, 5) is 11.9. The van der Waals surface area contributed by atoms with Gasteiger partial charge in [0, 0.05) is 17.4 Å². The fourth-order valence-corrected chi connectivity index (χ4v) is 3.45. The molecule has 0 spiro atoms. The molecule has 18 heavy (non-hydrogen) atoms. The molecule has 0 saturated carbocycles. The standard InChI is InChI=1S/C11H14N2O3S2/c12-18(15,16)10-3-1-9(2-4-10)13-11(14)8-5-6-17-7-8/h1-4,8H,5-7H2,(H,13,14)(H2,12,15,16). The highest BCUT2D eigenvalue weighted by atomic mass is 32.2. The largest absolute Gasteiger partial charge is 0.326 e. The van der Waals surface area contributed by atoms with Crippen molar-refractivity contribution in [2.24, 2.45) is 11.1 Å². The van der Waals surface area contributed by atoms with Crippen molar-refractivity contribution in [3.8, 4) is 0 Å². The lowest BCUT2D eigenvalue weighted by Crippen LogP contribution is -2.22. The molecule has 7 heteroatoms. The summed E-state index contributed by atoms with van der Waals surface area (Å²) < 4.78 is 22.1. The van der Waals surface area contributed by atoms with Crippen molar-refractivity contribution in [3.05, 3.63) is 24.3 Å². The average molecular weight is 286 g/mol. The number of hydrogen-bond donors (Lipinski definition) is 2. The molecule has 1 atom stereocenters. The molecule has 1 unspecified atom stereocenters. The van der Waals surface area contributed by atoms with E-state index in [1.165, 1.54) is 12.1 Å². The number of sulfonamides is 1. The number of thioether (sulfide) groups is 1. The second-order valence-corrected chi connectivity index (χ2v) is 6.83. The minimum Gasteiger partial charge on any atom is -0.326 e. The number of nitrogens with one attached hydrogen (secondary N) is 1. The van der Waals surface area contributed by atoms with Gasteiger partial charge in [0.2, 0.25) is 15.9 Å². The molecule has 98 valence electrons. The van der Waals surface area contributed by atoms with Crippen molar-refractivity contribution in [2.75, 3.05) is 16.8 Å². The summed E-state index contributed by atoms with van der Waals surface area (Å²) in [5.74, 6) is 1.90. The van der Waals surface area contributed by atoms with Crippen LogP contribution in [0.3, 0.4) is 0 Å². The van der Waals surface area contributed by atoms with Crippen LogP contribution in [0, 0.1) is 5.92 Å². The maximum atomic E-state index is 11.8.